The van der Waals surface area contributed by atoms with Gasteiger partial charge in [-0.15, -0.1) is 0 Å². The Morgan fingerprint density at radius 3 is 2.16 bits per heavy atom. The summed E-state index contributed by atoms with van der Waals surface area (Å²) in [6.45, 7) is 0.428. The molecule has 1 aliphatic carbocycles. The number of aliphatic hydroxyl groups is 1. The Balaban J connectivity index is 1.31. The lowest BCUT2D eigenvalue weighted by Crippen LogP contribution is -2.48. The summed E-state index contributed by atoms with van der Waals surface area (Å²) in [5.41, 5.74) is 2.44. The van der Waals surface area contributed by atoms with E-state index in [2.05, 4.69) is 10.6 Å². The number of ether oxygens (including phenoxy) is 3. The summed E-state index contributed by atoms with van der Waals surface area (Å²) >= 11 is 0. The summed E-state index contributed by atoms with van der Waals surface area (Å²) in [4.78, 5) is 25.7. The van der Waals surface area contributed by atoms with Crippen molar-refractivity contribution in [1.82, 2.24) is 10.6 Å². The molecule has 1 atom stereocenters. The Bertz CT molecular complexity index is 1170. The highest BCUT2D eigenvalue weighted by molar-refractivity contribution is 5.97. The lowest BCUT2D eigenvalue weighted by atomic mass is 10.0. The van der Waals surface area contributed by atoms with Gasteiger partial charge in [0.25, 0.3) is 5.91 Å². The van der Waals surface area contributed by atoms with E-state index in [-0.39, 0.29) is 25.0 Å². The molecule has 0 heterocycles. The van der Waals surface area contributed by atoms with Gasteiger partial charge in [-0.1, -0.05) is 24.3 Å². The van der Waals surface area contributed by atoms with Crippen LogP contribution in [0.2, 0.25) is 0 Å². The maximum Gasteiger partial charge on any atom is 0.251 e. The van der Waals surface area contributed by atoms with Gasteiger partial charge in [-0.25, -0.2) is 0 Å². The van der Waals surface area contributed by atoms with E-state index in [0.717, 1.165) is 41.9 Å². The highest BCUT2D eigenvalue weighted by Crippen LogP contribution is 2.27. The zero-order chi connectivity index (χ0) is 26.7. The van der Waals surface area contributed by atoms with Crippen molar-refractivity contribution in [2.24, 2.45) is 0 Å². The Morgan fingerprint density at radius 2 is 1.53 bits per heavy atom. The van der Waals surface area contributed by atoms with E-state index >= 15 is 0 Å². The second kappa shape index (κ2) is 13.5. The molecule has 1 aliphatic rings. The van der Waals surface area contributed by atoms with E-state index in [4.69, 9.17) is 19.3 Å². The molecule has 1 fully saturated rings. The third-order valence-electron chi connectivity index (χ3n) is 6.16. The predicted molar refractivity (Wildman–Crippen MR) is 144 cm³/mol. The van der Waals surface area contributed by atoms with E-state index in [1.165, 1.54) is 0 Å². The van der Waals surface area contributed by atoms with E-state index in [9.17, 15) is 9.59 Å². The Morgan fingerprint density at radius 1 is 0.895 bits per heavy atom. The number of aliphatic hydroxyl groups excluding tert-OH is 1. The molecule has 200 valence electrons. The molecule has 2 amide bonds. The fourth-order valence-electron chi connectivity index (χ4n) is 3.85. The number of carbonyl (C=O) groups excluding carboxylic acids is 2. The lowest BCUT2D eigenvalue weighted by molar-refractivity contribution is -0.123. The molecule has 1 unspecified atom stereocenters. The average Bonchev–Trinajstić information content (AvgIpc) is 3.77. The van der Waals surface area contributed by atoms with Gasteiger partial charge in [0.1, 0.15) is 23.3 Å². The minimum atomic E-state index is -0.801. The number of benzene rings is 3. The molecule has 4 rings (SSSR count). The first kappa shape index (κ1) is 27.0. The topological polar surface area (TPSA) is 106 Å². The maximum atomic E-state index is 13.0. The summed E-state index contributed by atoms with van der Waals surface area (Å²) in [6.07, 6.45) is 3.52. The largest absolute Gasteiger partial charge is 0.497 e. The number of carbonyl (C=O) groups is 2. The van der Waals surface area contributed by atoms with Crippen molar-refractivity contribution < 1.29 is 28.9 Å². The quantitative estimate of drug-likeness (QED) is 0.302. The number of hydrogen-bond donors (Lipinski definition) is 3. The van der Waals surface area contributed by atoms with Gasteiger partial charge in [-0.05, 0) is 72.5 Å². The normalized spacial score (nSPS) is 13.3. The fourth-order valence-corrected chi connectivity index (χ4v) is 3.85. The van der Waals surface area contributed by atoms with Crippen molar-refractivity contribution in [3.8, 4) is 17.2 Å². The Kier molecular flexibility index (Phi) is 9.59. The van der Waals surface area contributed by atoms with Crippen LogP contribution < -0.4 is 24.8 Å². The summed E-state index contributed by atoms with van der Waals surface area (Å²) < 4.78 is 16.8. The van der Waals surface area contributed by atoms with Crippen LogP contribution in [0.3, 0.4) is 0 Å². The standard InChI is InChI=1S/C30H34N2O6/c1-36-24-8-2-21(3-9-24)16-19-37-25-12-6-23(7-13-25)29(34)32-28(30(35)31-17-18-33)20-22-4-10-26(11-5-22)38-27-14-15-27/h2-13,27-28,33H,14-20H2,1H3,(H,31,35)(H,32,34). The molecule has 0 spiro atoms. The van der Waals surface area contributed by atoms with E-state index in [1.807, 2.05) is 48.5 Å². The van der Waals surface area contributed by atoms with Crippen LogP contribution in [0.1, 0.15) is 34.3 Å². The van der Waals surface area contributed by atoms with Crippen LogP contribution in [0.15, 0.2) is 72.8 Å². The molecule has 8 nitrogen and oxygen atoms in total. The van der Waals surface area contributed by atoms with Crippen LogP contribution in [0.4, 0.5) is 0 Å². The number of nitrogens with one attached hydrogen (secondary N) is 2. The molecule has 1 saturated carbocycles. The first-order valence-electron chi connectivity index (χ1n) is 12.8. The summed E-state index contributed by atoms with van der Waals surface area (Å²) in [6, 6.07) is 21.4. The van der Waals surface area contributed by atoms with Gasteiger partial charge in [0.05, 0.1) is 26.4 Å². The van der Waals surface area contributed by atoms with Crippen LogP contribution in [0.25, 0.3) is 0 Å². The number of rotatable bonds is 14. The molecule has 3 aromatic carbocycles. The summed E-state index contributed by atoms with van der Waals surface area (Å²) in [5.74, 6) is 1.54. The minimum Gasteiger partial charge on any atom is -0.497 e. The first-order valence-corrected chi connectivity index (χ1v) is 12.8. The summed E-state index contributed by atoms with van der Waals surface area (Å²) in [7, 11) is 1.64. The Hall–Kier alpha value is -4.04. The second-order valence-electron chi connectivity index (χ2n) is 9.18. The average molecular weight is 519 g/mol. The van der Waals surface area contributed by atoms with Gasteiger partial charge in [0.2, 0.25) is 5.91 Å². The van der Waals surface area contributed by atoms with Crippen LogP contribution in [0, 0.1) is 0 Å². The fraction of sp³-hybridized carbons (Fsp3) is 0.333. The molecule has 38 heavy (non-hydrogen) atoms. The van der Waals surface area contributed by atoms with Crippen molar-refractivity contribution in [1.29, 1.82) is 0 Å². The number of amides is 2. The van der Waals surface area contributed by atoms with Gasteiger partial charge in [-0.2, -0.15) is 0 Å². The maximum absolute atomic E-state index is 13.0. The smallest absolute Gasteiger partial charge is 0.251 e. The van der Waals surface area contributed by atoms with Gasteiger partial charge in [0.15, 0.2) is 0 Å². The highest BCUT2D eigenvalue weighted by Gasteiger charge is 2.24. The van der Waals surface area contributed by atoms with Crippen molar-refractivity contribution >= 4 is 11.8 Å². The van der Waals surface area contributed by atoms with Crippen LogP contribution in [-0.2, 0) is 17.6 Å². The number of hydrogen-bond acceptors (Lipinski definition) is 6. The molecule has 0 saturated heterocycles. The molecule has 0 bridgehead atoms. The number of methoxy groups -OCH3 is 1. The Labute approximate surface area is 222 Å². The van der Waals surface area contributed by atoms with Crippen molar-refractivity contribution in [3.05, 3.63) is 89.5 Å². The van der Waals surface area contributed by atoms with Gasteiger partial charge in [0, 0.05) is 24.9 Å². The SMILES string of the molecule is COc1ccc(CCOc2ccc(C(=O)NC(Cc3ccc(OC4CC4)cc3)C(=O)NCCO)cc2)cc1. The predicted octanol–water partition coefficient (Wildman–Crippen LogP) is 3.31. The van der Waals surface area contributed by atoms with Crippen LogP contribution in [0.5, 0.6) is 17.2 Å². The molecule has 3 aromatic rings. The molecule has 3 N–H and O–H groups in total. The second-order valence-corrected chi connectivity index (χ2v) is 9.18. The monoisotopic (exact) mass is 518 g/mol. The third-order valence-corrected chi connectivity index (χ3v) is 6.16. The van der Waals surface area contributed by atoms with Crippen molar-refractivity contribution in [3.63, 3.8) is 0 Å². The van der Waals surface area contributed by atoms with Crippen molar-refractivity contribution in [2.75, 3.05) is 26.9 Å². The molecular formula is C30H34N2O6. The molecule has 0 aromatic heterocycles. The van der Waals surface area contributed by atoms with E-state index < -0.39 is 6.04 Å². The molecule has 8 heteroatoms. The van der Waals surface area contributed by atoms with Gasteiger partial charge >= 0.3 is 0 Å². The minimum absolute atomic E-state index is 0.113. The summed E-state index contributed by atoms with van der Waals surface area (Å²) in [5, 5.41) is 14.6. The lowest BCUT2D eigenvalue weighted by Gasteiger charge is -2.19. The van der Waals surface area contributed by atoms with E-state index in [1.54, 1.807) is 31.4 Å². The van der Waals surface area contributed by atoms with Crippen molar-refractivity contribution in [2.45, 2.75) is 37.8 Å². The molecular weight excluding hydrogens is 484 g/mol. The van der Waals surface area contributed by atoms with Gasteiger partial charge in [-0.3, -0.25) is 9.59 Å². The van der Waals surface area contributed by atoms with Crippen LogP contribution in [-0.4, -0.2) is 55.9 Å². The molecule has 0 radical (unpaired) electrons. The first-order chi connectivity index (χ1) is 18.5. The zero-order valence-corrected chi connectivity index (χ0v) is 21.5. The van der Waals surface area contributed by atoms with Gasteiger partial charge < -0.3 is 30.0 Å². The van der Waals surface area contributed by atoms with Crippen LogP contribution >= 0.6 is 0 Å². The molecule has 0 aliphatic heterocycles. The third kappa shape index (κ3) is 8.24. The van der Waals surface area contributed by atoms with E-state index in [0.29, 0.717) is 30.4 Å². The highest BCUT2D eigenvalue weighted by atomic mass is 16.5. The zero-order valence-electron chi connectivity index (χ0n) is 21.5.